The fourth-order valence-electron chi connectivity index (χ4n) is 2.98. The molecule has 8 nitrogen and oxygen atoms in total. The molecule has 2 aromatic carbocycles. The summed E-state index contributed by atoms with van der Waals surface area (Å²) in [6, 6.07) is 5.53. The van der Waals surface area contributed by atoms with Crippen LogP contribution < -0.4 is 0 Å². The normalized spacial score (nSPS) is 11.3. The maximum atomic E-state index is 13.5. The molecule has 0 aliphatic heterocycles. The number of benzene rings is 2. The molecule has 3 N–H and O–H groups in total. The third-order valence-electron chi connectivity index (χ3n) is 4.13. The lowest BCUT2D eigenvalue weighted by atomic mass is 10.1. The second-order valence-corrected chi connectivity index (χ2v) is 5.59. The van der Waals surface area contributed by atoms with E-state index in [1.165, 1.54) is 18.2 Å². The van der Waals surface area contributed by atoms with Crippen molar-refractivity contribution in [2.24, 2.45) is 5.18 Å². The molecule has 2 aromatic heterocycles. The van der Waals surface area contributed by atoms with Crippen LogP contribution in [0.5, 0.6) is 5.88 Å². The number of aromatic amines is 2. The average molecular weight is 358 g/mol. The molecule has 26 heavy (non-hydrogen) atoms. The highest BCUT2D eigenvalue weighted by atomic mass is 19.2. The van der Waals surface area contributed by atoms with Crippen LogP contribution in [0.25, 0.3) is 33.1 Å². The molecule has 130 valence electrons. The Kier molecular flexibility index (Phi) is 3.22. The van der Waals surface area contributed by atoms with Crippen molar-refractivity contribution in [1.82, 2.24) is 9.97 Å². The van der Waals surface area contributed by atoms with Gasteiger partial charge in [0.2, 0.25) is 0 Å². The molecule has 0 saturated carbocycles. The topological polar surface area (TPSA) is 124 Å². The summed E-state index contributed by atoms with van der Waals surface area (Å²) in [7, 11) is 0. The highest BCUT2D eigenvalue weighted by Gasteiger charge is 2.23. The van der Waals surface area contributed by atoms with E-state index in [1.807, 2.05) is 0 Å². The first-order valence-corrected chi connectivity index (χ1v) is 7.24. The van der Waals surface area contributed by atoms with E-state index in [0.717, 1.165) is 12.1 Å². The highest BCUT2D eigenvalue weighted by molar-refractivity contribution is 6.07. The smallest absolute Gasteiger partial charge is 0.270 e. The molecule has 0 atom stereocenters. The minimum Gasteiger partial charge on any atom is -0.494 e. The molecule has 0 aliphatic rings. The van der Waals surface area contributed by atoms with E-state index in [0.29, 0.717) is 5.52 Å². The second kappa shape index (κ2) is 5.34. The van der Waals surface area contributed by atoms with Crippen LogP contribution in [0, 0.1) is 26.7 Å². The molecule has 0 spiro atoms. The van der Waals surface area contributed by atoms with Crippen LogP contribution in [-0.4, -0.2) is 20.0 Å². The van der Waals surface area contributed by atoms with Crippen molar-refractivity contribution in [1.29, 1.82) is 0 Å². The summed E-state index contributed by atoms with van der Waals surface area (Å²) in [5.41, 5.74) is 0.0105. The number of halogens is 2. The zero-order chi connectivity index (χ0) is 18.6. The van der Waals surface area contributed by atoms with E-state index in [9.17, 15) is 28.9 Å². The number of fused-ring (bicyclic) bond motifs is 2. The Morgan fingerprint density at radius 3 is 2.46 bits per heavy atom. The van der Waals surface area contributed by atoms with Gasteiger partial charge in [-0.05, 0) is 17.3 Å². The third-order valence-corrected chi connectivity index (χ3v) is 4.13. The largest absolute Gasteiger partial charge is 0.494 e. The monoisotopic (exact) mass is 358 g/mol. The zero-order valence-corrected chi connectivity index (χ0v) is 12.7. The Morgan fingerprint density at radius 2 is 1.77 bits per heavy atom. The molecule has 2 heterocycles. The summed E-state index contributed by atoms with van der Waals surface area (Å²) in [6.07, 6.45) is 0. The molecule has 0 unspecified atom stereocenters. The van der Waals surface area contributed by atoms with Crippen molar-refractivity contribution < 1.29 is 18.8 Å². The van der Waals surface area contributed by atoms with Gasteiger partial charge in [0.25, 0.3) is 5.69 Å². The van der Waals surface area contributed by atoms with Gasteiger partial charge in [-0.25, -0.2) is 8.78 Å². The molecule has 10 heteroatoms. The van der Waals surface area contributed by atoms with Crippen molar-refractivity contribution >= 4 is 33.2 Å². The average Bonchev–Trinajstić information content (AvgIpc) is 3.10. The van der Waals surface area contributed by atoms with Crippen LogP contribution >= 0.6 is 0 Å². The van der Waals surface area contributed by atoms with Crippen LogP contribution in [-0.2, 0) is 0 Å². The number of nitro groups is 1. The van der Waals surface area contributed by atoms with E-state index < -0.39 is 16.6 Å². The number of non-ortho nitro benzene ring substituents is 1. The van der Waals surface area contributed by atoms with E-state index >= 15 is 0 Å². The lowest BCUT2D eigenvalue weighted by Gasteiger charge is -1.99. The highest BCUT2D eigenvalue weighted by Crippen LogP contribution is 2.45. The quantitative estimate of drug-likeness (QED) is 0.281. The van der Waals surface area contributed by atoms with Gasteiger partial charge >= 0.3 is 0 Å². The number of nitrogens with one attached hydrogen (secondary N) is 2. The number of nitro benzene ring substituents is 1. The first-order chi connectivity index (χ1) is 12.4. The zero-order valence-electron chi connectivity index (χ0n) is 12.7. The first-order valence-electron chi connectivity index (χ1n) is 7.24. The summed E-state index contributed by atoms with van der Waals surface area (Å²) in [5.74, 6) is -2.66. The van der Waals surface area contributed by atoms with Crippen molar-refractivity contribution in [2.75, 3.05) is 0 Å². The summed E-state index contributed by atoms with van der Waals surface area (Å²) in [5, 5.41) is 24.4. The fourth-order valence-corrected chi connectivity index (χ4v) is 2.98. The molecule has 4 aromatic rings. The van der Waals surface area contributed by atoms with Gasteiger partial charge in [0, 0.05) is 34.5 Å². The van der Waals surface area contributed by atoms with Gasteiger partial charge in [0.15, 0.2) is 17.5 Å². The maximum Gasteiger partial charge on any atom is 0.270 e. The summed E-state index contributed by atoms with van der Waals surface area (Å²) in [4.78, 5) is 27.1. The van der Waals surface area contributed by atoms with Crippen molar-refractivity contribution in [2.45, 2.75) is 0 Å². The number of hydrogen-bond acceptors (Lipinski definition) is 5. The lowest BCUT2D eigenvalue weighted by molar-refractivity contribution is -0.384. The van der Waals surface area contributed by atoms with Crippen LogP contribution in [0.4, 0.5) is 20.2 Å². The first kappa shape index (κ1) is 15.7. The van der Waals surface area contributed by atoms with Gasteiger partial charge in [-0.15, -0.1) is 4.91 Å². The Labute approximate surface area is 142 Å². The second-order valence-electron chi connectivity index (χ2n) is 5.59. The van der Waals surface area contributed by atoms with Crippen LogP contribution in [0.1, 0.15) is 0 Å². The standard InChI is InChI=1S/C16H8F2N4O4/c17-9-4-8-12(5-10(9)18)19-15(14(8)21-24)13-7-3-6(22(25)26)1-2-11(7)20-16(13)23/h1-5,19-20,23H. The lowest BCUT2D eigenvalue weighted by Crippen LogP contribution is -1.87. The molecule has 0 radical (unpaired) electrons. The number of nitroso groups, excluding NO2 is 1. The van der Waals surface area contributed by atoms with Crippen LogP contribution in [0.2, 0.25) is 0 Å². The molecule has 0 aliphatic carbocycles. The number of aromatic hydroxyl groups is 1. The summed E-state index contributed by atoms with van der Waals surface area (Å²) in [6.45, 7) is 0. The van der Waals surface area contributed by atoms with E-state index in [4.69, 9.17) is 0 Å². The molecule has 0 amide bonds. The Balaban J connectivity index is 2.09. The minimum atomic E-state index is -1.16. The number of nitrogens with zero attached hydrogens (tertiary/aromatic N) is 2. The molecule has 0 fully saturated rings. The van der Waals surface area contributed by atoms with Crippen molar-refractivity contribution in [3.63, 3.8) is 0 Å². The SMILES string of the molecule is O=Nc1c(-c2c(O)[nH]c3ccc([N+](=O)[O-])cc23)[nH]c2cc(F)c(F)cc12. The minimum absolute atomic E-state index is 0.00996. The predicted octanol–water partition coefficient (Wildman–Crippen LogP) is 4.61. The van der Waals surface area contributed by atoms with Crippen LogP contribution in [0.3, 0.4) is 0 Å². The fraction of sp³-hybridized carbons (Fsp3) is 0. The molecule has 4 rings (SSSR count). The number of hydrogen-bond donors (Lipinski definition) is 3. The number of H-pyrrole nitrogens is 2. The number of aromatic nitrogens is 2. The van der Waals surface area contributed by atoms with E-state index in [1.54, 1.807) is 0 Å². The number of rotatable bonds is 3. The van der Waals surface area contributed by atoms with Crippen molar-refractivity contribution in [3.8, 4) is 17.1 Å². The van der Waals surface area contributed by atoms with Crippen molar-refractivity contribution in [3.05, 3.63) is 57.0 Å². The van der Waals surface area contributed by atoms with Gasteiger partial charge in [0.05, 0.1) is 21.7 Å². The summed E-state index contributed by atoms with van der Waals surface area (Å²) < 4.78 is 27.0. The molecular formula is C16H8F2N4O4. The van der Waals surface area contributed by atoms with E-state index in [-0.39, 0.29) is 44.8 Å². The summed E-state index contributed by atoms with van der Waals surface area (Å²) >= 11 is 0. The Bertz CT molecular complexity index is 1230. The Morgan fingerprint density at radius 1 is 1.04 bits per heavy atom. The molecular weight excluding hydrogens is 350 g/mol. The van der Waals surface area contributed by atoms with Gasteiger partial charge in [-0.3, -0.25) is 10.1 Å². The van der Waals surface area contributed by atoms with Gasteiger partial charge < -0.3 is 15.1 Å². The molecule has 0 saturated heterocycles. The molecule has 0 bridgehead atoms. The predicted molar refractivity (Wildman–Crippen MR) is 89.3 cm³/mol. The van der Waals surface area contributed by atoms with Gasteiger partial charge in [-0.2, -0.15) is 0 Å². The maximum absolute atomic E-state index is 13.5. The van der Waals surface area contributed by atoms with Gasteiger partial charge in [0.1, 0.15) is 5.69 Å². The third kappa shape index (κ3) is 2.12. The van der Waals surface area contributed by atoms with Gasteiger partial charge in [-0.1, -0.05) is 0 Å². The van der Waals surface area contributed by atoms with Crippen LogP contribution in [0.15, 0.2) is 35.5 Å². The Hall–Kier alpha value is -3.82. The van der Waals surface area contributed by atoms with E-state index in [2.05, 4.69) is 15.1 Å².